The van der Waals surface area contributed by atoms with Gasteiger partial charge in [0.25, 0.3) is 0 Å². The zero-order valence-electron chi connectivity index (χ0n) is 11.4. The summed E-state index contributed by atoms with van der Waals surface area (Å²) in [7, 11) is 0. The van der Waals surface area contributed by atoms with Crippen LogP contribution in [0.3, 0.4) is 0 Å². The van der Waals surface area contributed by atoms with Crippen LogP contribution >= 0.6 is 0 Å². The number of nitrogens with one attached hydrogen (secondary N) is 1. The molecule has 3 amide bonds. The number of urea groups is 1. The summed E-state index contributed by atoms with van der Waals surface area (Å²) in [6, 6.07) is 5.36. The standard InChI is InChI=1S/C14H17N3O4/c15-12(18)11-2-1-7-17(11)14(21)16-8-9-3-5-10(6-4-9)13(19)20/h3-6,11H,1-2,7-8H2,(H2,15,18)(H,16,21)(H,19,20). The van der Waals surface area contributed by atoms with E-state index in [4.69, 9.17) is 10.8 Å². The molecular formula is C14H17N3O4. The van der Waals surface area contributed by atoms with E-state index in [2.05, 4.69) is 5.32 Å². The van der Waals surface area contributed by atoms with Crippen LogP contribution in [-0.2, 0) is 11.3 Å². The SMILES string of the molecule is NC(=O)C1CCCN1C(=O)NCc1ccc(C(=O)O)cc1. The number of hydrogen-bond acceptors (Lipinski definition) is 3. The lowest BCUT2D eigenvalue weighted by Gasteiger charge is -2.22. The second-order valence-electron chi connectivity index (χ2n) is 4.91. The average molecular weight is 291 g/mol. The van der Waals surface area contributed by atoms with E-state index in [1.54, 1.807) is 12.1 Å². The van der Waals surface area contributed by atoms with Gasteiger partial charge in [-0.3, -0.25) is 4.79 Å². The van der Waals surface area contributed by atoms with Crippen molar-refractivity contribution < 1.29 is 19.5 Å². The number of nitrogens with two attached hydrogens (primary N) is 1. The van der Waals surface area contributed by atoms with E-state index < -0.39 is 17.9 Å². The van der Waals surface area contributed by atoms with Gasteiger partial charge in [-0.05, 0) is 30.5 Å². The van der Waals surface area contributed by atoms with Crippen LogP contribution in [0.15, 0.2) is 24.3 Å². The first kappa shape index (κ1) is 14.8. The van der Waals surface area contributed by atoms with E-state index in [1.807, 2.05) is 0 Å². The highest BCUT2D eigenvalue weighted by molar-refractivity contribution is 5.87. The molecule has 1 aliphatic rings. The Labute approximate surface area is 121 Å². The monoisotopic (exact) mass is 291 g/mol. The molecule has 1 atom stereocenters. The Morgan fingerprint density at radius 3 is 2.52 bits per heavy atom. The predicted octanol–water partition coefficient (Wildman–Crippen LogP) is 0.544. The number of carboxylic acids is 1. The van der Waals surface area contributed by atoms with Gasteiger partial charge in [0.2, 0.25) is 5.91 Å². The molecule has 112 valence electrons. The first-order chi connectivity index (χ1) is 9.99. The highest BCUT2D eigenvalue weighted by Gasteiger charge is 2.32. The summed E-state index contributed by atoms with van der Waals surface area (Å²) in [6.07, 6.45) is 1.35. The molecule has 1 aromatic rings. The van der Waals surface area contributed by atoms with Crippen LogP contribution in [0, 0.1) is 0 Å². The lowest BCUT2D eigenvalue weighted by Crippen LogP contribution is -2.47. The number of carbonyl (C=O) groups excluding carboxylic acids is 2. The second-order valence-corrected chi connectivity index (χ2v) is 4.91. The van der Waals surface area contributed by atoms with Gasteiger partial charge in [-0.15, -0.1) is 0 Å². The molecule has 0 aromatic heterocycles. The van der Waals surface area contributed by atoms with Gasteiger partial charge in [-0.2, -0.15) is 0 Å². The lowest BCUT2D eigenvalue weighted by molar-refractivity contribution is -0.121. The number of amides is 3. The number of carboxylic acid groups (broad SMARTS) is 1. The molecule has 1 saturated heterocycles. The third kappa shape index (κ3) is 3.50. The second kappa shape index (κ2) is 6.25. The maximum absolute atomic E-state index is 12.0. The molecule has 0 bridgehead atoms. The van der Waals surface area contributed by atoms with Crippen LogP contribution in [0.1, 0.15) is 28.8 Å². The summed E-state index contributed by atoms with van der Waals surface area (Å²) in [6.45, 7) is 0.776. The maximum Gasteiger partial charge on any atom is 0.335 e. The number of hydrogen-bond donors (Lipinski definition) is 3. The molecule has 21 heavy (non-hydrogen) atoms. The molecule has 0 spiro atoms. The molecule has 0 aliphatic carbocycles. The largest absolute Gasteiger partial charge is 0.478 e. The molecule has 1 unspecified atom stereocenters. The zero-order valence-corrected chi connectivity index (χ0v) is 11.4. The summed E-state index contributed by atoms with van der Waals surface area (Å²) in [4.78, 5) is 35.4. The highest BCUT2D eigenvalue weighted by Crippen LogP contribution is 2.16. The summed E-state index contributed by atoms with van der Waals surface area (Å²) >= 11 is 0. The maximum atomic E-state index is 12.0. The summed E-state index contributed by atoms with van der Waals surface area (Å²) < 4.78 is 0. The number of aromatic carboxylic acids is 1. The van der Waals surface area contributed by atoms with E-state index >= 15 is 0 Å². The lowest BCUT2D eigenvalue weighted by atomic mass is 10.1. The van der Waals surface area contributed by atoms with Crippen molar-refractivity contribution in [3.05, 3.63) is 35.4 Å². The smallest absolute Gasteiger partial charge is 0.335 e. The summed E-state index contributed by atoms with van der Waals surface area (Å²) in [5.74, 6) is -1.49. The van der Waals surface area contributed by atoms with Gasteiger partial charge in [0, 0.05) is 13.1 Å². The Balaban J connectivity index is 1.91. The average Bonchev–Trinajstić information content (AvgIpc) is 2.95. The molecule has 0 radical (unpaired) electrons. The predicted molar refractivity (Wildman–Crippen MR) is 74.6 cm³/mol. The van der Waals surface area contributed by atoms with E-state index in [9.17, 15) is 14.4 Å². The molecule has 4 N–H and O–H groups in total. The first-order valence-corrected chi connectivity index (χ1v) is 6.65. The number of rotatable bonds is 4. The number of carbonyl (C=O) groups is 3. The van der Waals surface area contributed by atoms with Gasteiger partial charge >= 0.3 is 12.0 Å². The van der Waals surface area contributed by atoms with Crippen LogP contribution < -0.4 is 11.1 Å². The Bertz CT molecular complexity index is 556. The van der Waals surface area contributed by atoms with Crippen LogP contribution in [0.5, 0.6) is 0 Å². The third-order valence-electron chi connectivity index (χ3n) is 3.49. The Morgan fingerprint density at radius 2 is 1.95 bits per heavy atom. The van der Waals surface area contributed by atoms with Crippen LogP contribution in [-0.4, -0.2) is 40.5 Å². The van der Waals surface area contributed by atoms with Gasteiger partial charge < -0.3 is 21.1 Å². The van der Waals surface area contributed by atoms with Crippen molar-refractivity contribution >= 4 is 17.9 Å². The minimum atomic E-state index is -0.994. The van der Waals surface area contributed by atoms with E-state index in [0.29, 0.717) is 13.0 Å². The van der Waals surface area contributed by atoms with Gasteiger partial charge in [0.1, 0.15) is 6.04 Å². The van der Waals surface area contributed by atoms with Crippen LogP contribution in [0.4, 0.5) is 4.79 Å². The van der Waals surface area contributed by atoms with E-state index in [0.717, 1.165) is 12.0 Å². The van der Waals surface area contributed by atoms with E-state index in [-0.39, 0.29) is 18.1 Å². The number of benzene rings is 1. The van der Waals surface area contributed by atoms with Crippen LogP contribution in [0.25, 0.3) is 0 Å². The first-order valence-electron chi connectivity index (χ1n) is 6.65. The molecule has 7 nitrogen and oxygen atoms in total. The van der Waals surface area contributed by atoms with Crippen molar-refractivity contribution in [2.75, 3.05) is 6.54 Å². The van der Waals surface area contributed by atoms with Crippen molar-refractivity contribution in [3.8, 4) is 0 Å². The summed E-state index contributed by atoms with van der Waals surface area (Å²) in [5, 5.41) is 11.5. The van der Waals surface area contributed by atoms with Crippen molar-refractivity contribution in [1.29, 1.82) is 0 Å². The molecule has 1 fully saturated rings. The zero-order chi connectivity index (χ0) is 15.4. The van der Waals surface area contributed by atoms with Gasteiger partial charge in [-0.25, -0.2) is 9.59 Å². The molecule has 1 aromatic carbocycles. The Hall–Kier alpha value is -2.57. The van der Waals surface area contributed by atoms with Crippen molar-refractivity contribution in [1.82, 2.24) is 10.2 Å². The highest BCUT2D eigenvalue weighted by atomic mass is 16.4. The minimum Gasteiger partial charge on any atom is -0.478 e. The Morgan fingerprint density at radius 1 is 1.29 bits per heavy atom. The molecular weight excluding hydrogens is 274 g/mol. The minimum absolute atomic E-state index is 0.193. The van der Waals surface area contributed by atoms with Crippen molar-refractivity contribution in [3.63, 3.8) is 0 Å². The van der Waals surface area contributed by atoms with E-state index in [1.165, 1.54) is 17.0 Å². The molecule has 1 heterocycles. The van der Waals surface area contributed by atoms with Crippen molar-refractivity contribution in [2.24, 2.45) is 5.73 Å². The number of primary amides is 1. The Kier molecular flexibility index (Phi) is 4.42. The third-order valence-corrected chi connectivity index (χ3v) is 3.49. The fourth-order valence-corrected chi connectivity index (χ4v) is 2.35. The number of nitrogens with zero attached hydrogens (tertiary/aromatic N) is 1. The van der Waals surface area contributed by atoms with Gasteiger partial charge in [0.05, 0.1) is 5.56 Å². The quantitative estimate of drug-likeness (QED) is 0.751. The fourth-order valence-electron chi connectivity index (χ4n) is 2.35. The fraction of sp³-hybridized carbons (Fsp3) is 0.357. The number of likely N-dealkylation sites (tertiary alicyclic amines) is 1. The molecule has 7 heteroatoms. The normalized spacial score (nSPS) is 17.5. The van der Waals surface area contributed by atoms with Gasteiger partial charge in [0.15, 0.2) is 0 Å². The topological polar surface area (TPSA) is 113 Å². The molecule has 2 rings (SSSR count). The van der Waals surface area contributed by atoms with Crippen LogP contribution in [0.2, 0.25) is 0 Å². The van der Waals surface area contributed by atoms with Crippen molar-refractivity contribution in [2.45, 2.75) is 25.4 Å². The van der Waals surface area contributed by atoms with Gasteiger partial charge in [-0.1, -0.05) is 12.1 Å². The summed E-state index contributed by atoms with van der Waals surface area (Å²) in [5.41, 5.74) is 6.24. The molecule has 0 saturated carbocycles. The molecule has 1 aliphatic heterocycles.